The summed E-state index contributed by atoms with van der Waals surface area (Å²) in [5, 5.41) is 26.5. The van der Waals surface area contributed by atoms with Crippen LogP contribution in [0.3, 0.4) is 0 Å². The molecular weight excluding hydrogens is 404 g/mol. The molecule has 0 heterocycles. The zero-order chi connectivity index (χ0) is 22.5. The van der Waals surface area contributed by atoms with Crippen LogP contribution in [0.1, 0.15) is 84.9 Å². The van der Waals surface area contributed by atoms with Gasteiger partial charge in [0.25, 0.3) is 11.8 Å². The lowest BCUT2D eigenvalue weighted by atomic mass is 9.91. The molecule has 0 bridgehead atoms. The number of rotatable bonds is 5. The third-order valence-electron chi connectivity index (χ3n) is 6.70. The van der Waals surface area contributed by atoms with Crippen LogP contribution in [0.15, 0.2) is 36.4 Å². The summed E-state index contributed by atoms with van der Waals surface area (Å²) in [5.74, 6) is -0.834. The maximum Gasteiger partial charge on any atom is 0.256 e. The number of nitrogens with one attached hydrogen (secondary N) is 2. The van der Waals surface area contributed by atoms with Gasteiger partial charge in [-0.15, -0.1) is 0 Å². The first-order valence-electron chi connectivity index (χ1n) is 11.8. The van der Waals surface area contributed by atoms with Crippen molar-refractivity contribution in [2.24, 2.45) is 0 Å². The number of carbonyl (C=O) groups is 2. The van der Waals surface area contributed by atoms with Crippen molar-refractivity contribution < 1.29 is 19.8 Å². The van der Waals surface area contributed by atoms with E-state index in [1.165, 1.54) is 18.9 Å². The van der Waals surface area contributed by atoms with E-state index in [4.69, 9.17) is 0 Å². The van der Waals surface area contributed by atoms with Crippen molar-refractivity contribution in [3.63, 3.8) is 0 Å². The average Bonchev–Trinajstić information content (AvgIpc) is 2.80. The molecule has 4 N–H and O–H groups in total. The molecule has 2 aromatic carbocycles. The van der Waals surface area contributed by atoms with Gasteiger partial charge < -0.3 is 20.8 Å². The number of benzene rings is 2. The Morgan fingerprint density at radius 1 is 0.656 bits per heavy atom. The van der Waals surface area contributed by atoms with Crippen LogP contribution >= 0.6 is 0 Å². The van der Waals surface area contributed by atoms with Crippen molar-refractivity contribution in [3.05, 3.63) is 47.5 Å². The molecule has 0 aliphatic heterocycles. The summed E-state index contributed by atoms with van der Waals surface area (Å²) in [6, 6.07) is 9.77. The molecule has 0 unspecified atom stereocenters. The second-order valence-electron chi connectivity index (χ2n) is 9.05. The summed E-state index contributed by atoms with van der Waals surface area (Å²) in [5.41, 5.74) is 1.47. The highest BCUT2D eigenvalue weighted by Crippen LogP contribution is 2.33. The lowest BCUT2D eigenvalue weighted by Crippen LogP contribution is -2.40. The Hall–Kier alpha value is -3.02. The second-order valence-corrected chi connectivity index (χ2v) is 9.05. The van der Waals surface area contributed by atoms with Crippen molar-refractivity contribution in [3.8, 4) is 22.6 Å². The summed E-state index contributed by atoms with van der Waals surface area (Å²) in [4.78, 5) is 26.8. The van der Waals surface area contributed by atoms with E-state index in [0.29, 0.717) is 11.1 Å². The Morgan fingerprint density at radius 3 is 1.69 bits per heavy atom. The molecule has 6 heteroatoms. The minimum Gasteiger partial charge on any atom is -0.508 e. The highest BCUT2D eigenvalue weighted by molar-refractivity contribution is 6.13. The van der Waals surface area contributed by atoms with E-state index in [9.17, 15) is 19.8 Å². The molecule has 2 aliphatic rings. The molecule has 4 rings (SSSR count). The third-order valence-corrected chi connectivity index (χ3v) is 6.70. The maximum atomic E-state index is 13.5. The van der Waals surface area contributed by atoms with Gasteiger partial charge >= 0.3 is 0 Å². The monoisotopic (exact) mass is 436 g/mol. The third kappa shape index (κ3) is 5.06. The second kappa shape index (κ2) is 10.1. The lowest BCUT2D eigenvalue weighted by Gasteiger charge is -2.26. The van der Waals surface area contributed by atoms with Crippen LogP contribution < -0.4 is 10.6 Å². The Kier molecular flexibility index (Phi) is 6.98. The molecule has 0 atom stereocenters. The standard InChI is InChI=1S/C26H32N2O4/c29-20-13-11-17(12-14-20)21-15-16-22(30)24(26(32)28-19-9-5-2-6-10-19)23(21)25(31)27-18-7-3-1-4-8-18/h11-16,18-19,29-30H,1-10H2,(H,27,31)(H,28,32). The molecule has 170 valence electrons. The van der Waals surface area contributed by atoms with Gasteiger partial charge in [0.1, 0.15) is 11.5 Å². The Morgan fingerprint density at radius 2 is 1.16 bits per heavy atom. The van der Waals surface area contributed by atoms with Crippen molar-refractivity contribution >= 4 is 11.8 Å². The van der Waals surface area contributed by atoms with E-state index in [2.05, 4.69) is 10.6 Å². The molecular formula is C26H32N2O4. The Bertz CT molecular complexity index is 959. The normalized spacial score (nSPS) is 17.6. The molecule has 0 aromatic heterocycles. The molecule has 0 spiro atoms. The number of aromatic hydroxyl groups is 2. The predicted molar refractivity (Wildman–Crippen MR) is 124 cm³/mol. The van der Waals surface area contributed by atoms with Gasteiger partial charge in [-0.2, -0.15) is 0 Å². The van der Waals surface area contributed by atoms with Crippen LogP contribution in [0.4, 0.5) is 0 Å². The number of carbonyl (C=O) groups excluding carboxylic acids is 2. The van der Waals surface area contributed by atoms with Crippen LogP contribution in [-0.2, 0) is 0 Å². The minimum atomic E-state index is -0.413. The fourth-order valence-electron chi connectivity index (χ4n) is 4.95. The predicted octanol–water partition coefficient (Wildman–Crippen LogP) is 4.89. The zero-order valence-corrected chi connectivity index (χ0v) is 18.4. The molecule has 0 radical (unpaired) electrons. The van der Waals surface area contributed by atoms with E-state index in [0.717, 1.165) is 51.4 Å². The van der Waals surface area contributed by atoms with Crippen LogP contribution in [0.5, 0.6) is 11.5 Å². The lowest BCUT2D eigenvalue weighted by molar-refractivity contribution is 0.0890. The van der Waals surface area contributed by atoms with Gasteiger partial charge in [0.05, 0.1) is 11.1 Å². The molecule has 2 saturated carbocycles. The van der Waals surface area contributed by atoms with Gasteiger partial charge in [0, 0.05) is 12.1 Å². The molecule has 2 aliphatic carbocycles. The first-order valence-corrected chi connectivity index (χ1v) is 11.8. The SMILES string of the molecule is O=C(NC1CCCCC1)c1c(O)ccc(-c2ccc(O)cc2)c1C(=O)NC1CCCCC1. The summed E-state index contributed by atoms with van der Waals surface area (Å²) >= 11 is 0. The quantitative estimate of drug-likeness (QED) is 0.536. The number of hydrogen-bond acceptors (Lipinski definition) is 4. The largest absolute Gasteiger partial charge is 0.508 e. The molecule has 32 heavy (non-hydrogen) atoms. The van der Waals surface area contributed by atoms with E-state index in [-0.39, 0.29) is 40.6 Å². The molecule has 6 nitrogen and oxygen atoms in total. The highest BCUT2D eigenvalue weighted by atomic mass is 16.3. The van der Waals surface area contributed by atoms with Crippen LogP contribution in [0.25, 0.3) is 11.1 Å². The van der Waals surface area contributed by atoms with Gasteiger partial charge in [-0.25, -0.2) is 0 Å². The van der Waals surface area contributed by atoms with E-state index >= 15 is 0 Å². The Balaban J connectivity index is 1.72. The zero-order valence-electron chi connectivity index (χ0n) is 18.4. The van der Waals surface area contributed by atoms with Gasteiger partial charge in [-0.1, -0.05) is 50.7 Å². The number of amides is 2. The van der Waals surface area contributed by atoms with E-state index in [1.54, 1.807) is 30.3 Å². The fraction of sp³-hybridized carbons (Fsp3) is 0.462. The Labute approximate surface area is 189 Å². The average molecular weight is 437 g/mol. The molecule has 0 saturated heterocycles. The highest BCUT2D eigenvalue weighted by Gasteiger charge is 2.28. The minimum absolute atomic E-state index is 0.0226. The van der Waals surface area contributed by atoms with Gasteiger partial charge in [0.2, 0.25) is 0 Å². The van der Waals surface area contributed by atoms with Crippen molar-refractivity contribution in [1.82, 2.24) is 10.6 Å². The summed E-state index contributed by atoms with van der Waals surface area (Å²) in [7, 11) is 0. The van der Waals surface area contributed by atoms with Crippen molar-refractivity contribution in [1.29, 1.82) is 0 Å². The van der Waals surface area contributed by atoms with E-state index < -0.39 is 5.91 Å². The first kappa shape index (κ1) is 22.2. The molecule has 2 amide bonds. The molecule has 2 aromatic rings. The van der Waals surface area contributed by atoms with Crippen LogP contribution in [0, 0.1) is 0 Å². The van der Waals surface area contributed by atoms with Crippen LogP contribution in [-0.4, -0.2) is 34.1 Å². The molecule has 2 fully saturated rings. The summed E-state index contributed by atoms with van der Waals surface area (Å²) in [6.45, 7) is 0. The van der Waals surface area contributed by atoms with Gasteiger partial charge in [0.15, 0.2) is 0 Å². The summed E-state index contributed by atoms with van der Waals surface area (Å²) in [6.07, 6.45) is 10.3. The summed E-state index contributed by atoms with van der Waals surface area (Å²) < 4.78 is 0. The number of hydrogen-bond donors (Lipinski definition) is 4. The van der Waals surface area contributed by atoms with Crippen LogP contribution in [0.2, 0.25) is 0 Å². The maximum absolute atomic E-state index is 13.5. The topological polar surface area (TPSA) is 98.7 Å². The van der Waals surface area contributed by atoms with Gasteiger partial charge in [-0.05, 0) is 61.1 Å². The fourth-order valence-corrected chi connectivity index (χ4v) is 4.95. The van der Waals surface area contributed by atoms with Crippen molar-refractivity contribution in [2.75, 3.05) is 0 Å². The number of phenolic OH excluding ortho intramolecular Hbond substituents is 2. The van der Waals surface area contributed by atoms with E-state index in [1.807, 2.05) is 0 Å². The smallest absolute Gasteiger partial charge is 0.256 e. The first-order chi connectivity index (χ1) is 15.5. The van der Waals surface area contributed by atoms with Crippen molar-refractivity contribution in [2.45, 2.75) is 76.3 Å². The van der Waals surface area contributed by atoms with Gasteiger partial charge in [-0.3, -0.25) is 9.59 Å². The number of phenols is 2.